The second-order valence-corrected chi connectivity index (χ2v) is 8.43. The van der Waals surface area contributed by atoms with Crippen LogP contribution in [0, 0.1) is 5.92 Å². The Morgan fingerprint density at radius 3 is 2.52 bits per heavy atom. The molecule has 4 unspecified atom stereocenters. The second kappa shape index (κ2) is 7.18. The Bertz CT molecular complexity index is 643. The van der Waals surface area contributed by atoms with Crippen molar-refractivity contribution in [2.24, 2.45) is 15.9 Å². The fourth-order valence-corrected chi connectivity index (χ4v) is 4.89. The number of fused-ring (bicyclic) bond motifs is 1. The molecule has 27 heavy (non-hydrogen) atoms. The first-order valence-electron chi connectivity index (χ1n) is 10.5. The number of aliphatic imine (C=N–C) groups is 2. The van der Waals surface area contributed by atoms with Crippen LogP contribution in [-0.2, 0) is 9.47 Å². The van der Waals surface area contributed by atoms with Crippen LogP contribution in [0.25, 0.3) is 0 Å². The Morgan fingerprint density at radius 1 is 1.07 bits per heavy atom. The summed E-state index contributed by atoms with van der Waals surface area (Å²) >= 11 is 0. The summed E-state index contributed by atoms with van der Waals surface area (Å²) in [5, 5.41) is 0. The molecule has 1 aliphatic carbocycles. The topological polar surface area (TPSA) is 52.9 Å². The number of hydrogen-bond acceptors (Lipinski definition) is 7. The van der Waals surface area contributed by atoms with Crippen LogP contribution in [-0.4, -0.2) is 96.8 Å². The molecular formula is C20H31N5O2. The minimum Gasteiger partial charge on any atom is -0.379 e. The molecule has 4 aliphatic heterocycles. The molecule has 0 amide bonds. The van der Waals surface area contributed by atoms with Crippen molar-refractivity contribution in [1.29, 1.82) is 0 Å². The highest BCUT2D eigenvalue weighted by Crippen LogP contribution is 2.38. The number of guanidine groups is 1. The lowest BCUT2D eigenvalue weighted by Crippen LogP contribution is -2.66. The number of morpholine rings is 2. The van der Waals surface area contributed by atoms with Crippen LogP contribution in [0.2, 0.25) is 0 Å². The van der Waals surface area contributed by atoms with Crippen molar-refractivity contribution >= 4 is 11.8 Å². The van der Waals surface area contributed by atoms with Gasteiger partial charge in [0, 0.05) is 32.2 Å². The van der Waals surface area contributed by atoms with Crippen LogP contribution in [0.3, 0.4) is 0 Å². The van der Waals surface area contributed by atoms with Gasteiger partial charge in [0.2, 0.25) is 5.96 Å². The largest absolute Gasteiger partial charge is 0.379 e. The van der Waals surface area contributed by atoms with Gasteiger partial charge in [-0.1, -0.05) is 12.2 Å². The Labute approximate surface area is 161 Å². The maximum absolute atomic E-state index is 5.98. The van der Waals surface area contributed by atoms with E-state index in [1.54, 1.807) is 0 Å². The Kier molecular flexibility index (Phi) is 4.70. The van der Waals surface area contributed by atoms with Gasteiger partial charge in [-0.05, 0) is 26.7 Å². The highest BCUT2D eigenvalue weighted by Gasteiger charge is 2.48. The molecule has 4 atom stereocenters. The fraction of sp³-hybridized carbons (Fsp3) is 0.800. The predicted molar refractivity (Wildman–Crippen MR) is 105 cm³/mol. The van der Waals surface area contributed by atoms with E-state index in [2.05, 4.69) is 40.7 Å². The monoisotopic (exact) mass is 373 g/mol. The number of hydrogen-bond donors (Lipinski definition) is 0. The molecule has 7 nitrogen and oxygen atoms in total. The molecule has 4 heterocycles. The van der Waals surface area contributed by atoms with Crippen molar-refractivity contribution < 1.29 is 9.47 Å². The van der Waals surface area contributed by atoms with Crippen LogP contribution >= 0.6 is 0 Å². The van der Waals surface area contributed by atoms with Crippen molar-refractivity contribution in [3.8, 4) is 0 Å². The van der Waals surface area contributed by atoms with Crippen molar-refractivity contribution in [3.05, 3.63) is 12.2 Å². The summed E-state index contributed by atoms with van der Waals surface area (Å²) in [6.45, 7) is 10.5. The summed E-state index contributed by atoms with van der Waals surface area (Å²) in [5.41, 5.74) is 0. The minimum absolute atomic E-state index is 0.227. The standard InChI is InChI=1S/C20H31N5O2/c1-14-12-24(13-15(2)27-14)20-22-18-17(4-3-7-21-18)19(25(20)16-5-6-16)23-8-10-26-11-9-23/h3-4,14-17,19H,5-13H2,1-2H3. The van der Waals surface area contributed by atoms with Crippen molar-refractivity contribution in [2.45, 2.75) is 51.1 Å². The van der Waals surface area contributed by atoms with Crippen molar-refractivity contribution in [2.75, 3.05) is 45.9 Å². The van der Waals surface area contributed by atoms with Gasteiger partial charge in [0.1, 0.15) is 5.84 Å². The Balaban J connectivity index is 1.52. The molecular weight excluding hydrogens is 342 g/mol. The smallest absolute Gasteiger partial charge is 0.204 e. The fourth-order valence-electron chi connectivity index (χ4n) is 4.89. The first-order valence-corrected chi connectivity index (χ1v) is 10.5. The number of dihydropyridines is 1. The third-order valence-electron chi connectivity index (χ3n) is 6.11. The zero-order valence-electron chi connectivity index (χ0n) is 16.5. The van der Waals surface area contributed by atoms with Crippen LogP contribution in [0.5, 0.6) is 0 Å². The molecule has 0 aromatic rings. The minimum atomic E-state index is 0.227. The van der Waals surface area contributed by atoms with Gasteiger partial charge in [-0.15, -0.1) is 0 Å². The van der Waals surface area contributed by atoms with E-state index in [0.717, 1.165) is 57.7 Å². The Morgan fingerprint density at radius 2 is 1.81 bits per heavy atom. The second-order valence-electron chi connectivity index (χ2n) is 8.43. The lowest BCUT2D eigenvalue weighted by Gasteiger charge is -2.51. The summed E-state index contributed by atoms with van der Waals surface area (Å²) < 4.78 is 11.6. The normalized spacial score (nSPS) is 37.7. The van der Waals surface area contributed by atoms with E-state index in [1.807, 2.05) is 0 Å². The summed E-state index contributed by atoms with van der Waals surface area (Å²) in [5.74, 6) is 2.39. The molecule has 0 bridgehead atoms. The third kappa shape index (κ3) is 3.41. The van der Waals surface area contributed by atoms with Gasteiger partial charge in [0.05, 0.1) is 44.1 Å². The quantitative estimate of drug-likeness (QED) is 0.680. The first kappa shape index (κ1) is 17.6. The zero-order chi connectivity index (χ0) is 18.4. The van der Waals surface area contributed by atoms with E-state index < -0.39 is 0 Å². The van der Waals surface area contributed by atoms with E-state index in [0.29, 0.717) is 12.2 Å². The van der Waals surface area contributed by atoms with Crippen LogP contribution < -0.4 is 0 Å². The van der Waals surface area contributed by atoms with Gasteiger partial charge in [0.25, 0.3) is 0 Å². The van der Waals surface area contributed by atoms with E-state index in [4.69, 9.17) is 19.5 Å². The maximum Gasteiger partial charge on any atom is 0.204 e. The lowest BCUT2D eigenvalue weighted by atomic mass is 9.97. The molecule has 0 aromatic heterocycles. The van der Waals surface area contributed by atoms with Crippen molar-refractivity contribution in [1.82, 2.24) is 14.7 Å². The lowest BCUT2D eigenvalue weighted by molar-refractivity contribution is -0.0598. The van der Waals surface area contributed by atoms with E-state index in [-0.39, 0.29) is 18.1 Å². The van der Waals surface area contributed by atoms with Crippen LogP contribution in [0.15, 0.2) is 22.1 Å². The first-order chi connectivity index (χ1) is 13.2. The maximum atomic E-state index is 5.98. The molecule has 0 spiro atoms. The molecule has 148 valence electrons. The van der Waals surface area contributed by atoms with Gasteiger partial charge in [-0.2, -0.15) is 4.99 Å². The summed E-state index contributed by atoms with van der Waals surface area (Å²) in [7, 11) is 0. The molecule has 0 aromatic carbocycles. The molecule has 1 saturated carbocycles. The van der Waals surface area contributed by atoms with Gasteiger partial charge >= 0.3 is 0 Å². The summed E-state index contributed by atoms with van der Waals surface area (Å²) in [4.78, 5) is 17.6. The van der Waals surface area contributed by atoms with Gasteiger partial charge in [0.15, 0.2) is 0 Å². The van der Waals surface area contributed by atoms with E-state index >= 15 is 0 Å². The molecule has 0 radical (unpaired) electrons. The molecule has 0 N–H and O–H groups in total. The number of ether oxygens (including phenoxy) is 2. The zero-order valence-corrected chi connectivity index (χ0v) is 16.5. The SMILES string of the molecule is CC1CN(C2=NC3=NCC=CC3C(N3CCOCC3)N2C2CC2)CC(C)O1. The molecule has 3 fully saturated rings. The molecule has 2 saturated heterocycles. The van der Waals surface area contributed by atoms with E-state index in [1.165, 1.54) is 12.8 Å². The molecule has 7 heteroatoms. The highest BCUT2D eigenvalue weighted by molar-refractivity contribution is 6.01. The van der Waals surface area contributed by atoms with Crippen LogP contribution in [0.4, 0.5) is 0 Å². The van der Waals surface area contributed by atoms with Crippen molar-refractivity contribution in [3.63, 3.8) is 0 Å². The number of amidine groups is 1. The third-order valence-corrected chi connectivity index (χ3v) is 6.11. The predicted octanol–water partition coefficient (Wildman–Crippen LogP) is 1.17. The van der Waals surface area contributed by atoms with Crippen LogP contribution in [0.1, 0.15) is 26.7 Å². The van der Waals surface area contributed by atoms with Gasteiger partial charge in [-0.25, -0.2) is 0 Å². The highest BCUT2D eigenvalue weighted by atomic mass is 16.5. The Hall–Kier alpha value is -1.44. The summed E-state index contributed by atoms with van der Waals surface area (Å²) in [6, 6.07) is 0.599. The average molecular weight is 374 g/mol. The van der Waals surface area contributed by atoms with Gasteiger partial charge < -0.3 is 19.3 Å². The van der Waals surface area contributed by atoms with Gasteiger partial charge in [-0.3, -0.25) is 9.89 Å². The van der Waals surface area contributed by atoms with E-state index in [9.17, 15) is 0 Å². The molecule has 5 aliphatic rings. The summed E-state index contributed by atoms with van der Waals surface area (Å²) in [6.07, 6.45) is 7.82. The molecule has 5 rings (SSSR count). The number of rotatable bonds is 2. The average Bonchev–Trinajstić information content (AvgIpc) is 3.51. The number of nitrogens with zero attached hydrogens (tertiary/aromatic N) is 5.